The zero-order valence-electron chi connectivity index (χ0n) is 14.0. The lowest BCUT2D eigenvalue weighted by Crippen LogP contribution is -2.02. The average Bonchev–Trinajstić information content (AvgIpc) is 2.59. The van der Waals surface area contributed by atoms with Gasteiger partial charge in [-0.05, 0) is 60.2 Å². The van der Waals surface area contributed by atoms with Crippen molar-refractivity contribution in [1.29, 1.82) is 0 Å². The predicted molar refractivity (Wildman–Crippen MR) is 100 cm³/mol. The topological polar surface area (TPSA) is 83.8 Å². The fourth-order valence-electron chi connectivity index (χ4n) is 2.14. The largest absolute Gasteiger partial charge is 0.508 e. The van der Waals surface area contributed by atoms with Gasteiger partial charge in [0, 0.05) is 11.6 Å². The van der Waals surface area contributed by atoms with Crippen LogP contribution in [0.1, 0.15) is 17.5 Å². The number of ketones is 2. The van der Waals surface area contributed by atoms with Gasteiger partial charge in [0.1, 0.15) is 17.2 Å². The number of hydrogen-bond donors (Lipinski definition) is 2. The quantitative estimate of drug-likeness (QED) is 0.566. The number of rotatable bonds is 7. The zero-order valence-corrected chi connectivity index (χ0v) is 14.7. The van der Waals surface area contributed by atoms with Gasteiger partial charge in [-0.3, -0.25) is 9.59 Å². The number of benzene rings is 2. The molecular weight excluding hydrogens is 356 g/mol. The van der Waals surface area contributed by atoms with Gasteiger partial charge in [-0.15, -0.1) is 0 Å². The minimum absolute atomic E-state index is 0.0310. The third-order valence-electron chi connectivity index (χ3n) is 3.45. The lowest BCUT2D eigenvalue weighted by atomic mass is 10.1. The summed E-state index contributed by atoms with van der Waals surface area (Å²) in [6, 6.07) is 8.90. The Morgan fingerprint density at radius 3 is 2.08 bits per heavy atom. The molecule has 0 aromatic heterocycles. The summed E-state index contributed by atoms with van der Waals surface area (Å²) in [5.74, 6) is -0.239. The summed E-state index contributed by atoms with van der Waals surface area (Å²) in [5, 5.41) is 19.0. The van der Waals surface area contributed by atoms with Crippen molar-refractivity contribution in [3.05, 3.63) is 64.7 Å². The highest BCUT2D eigenvalue weighted by Crippen LogP contribution is 2.25. The van der Waals surface area contributed by atoms with Crippen molar-refractivity contribution in [2.45, 2.75) is 6.42 Å². The van der Waals surface area contributed by atoms with Crippen LogP contribution in [0, 0.1) is 0 Å². The molecule has 2 N–H and O–H groups in total. The molecule has 2 rings (SSSR count). The first-order valence-corrected chi connectivity index (χ1v) is 8.04. The predicted octanol–water partition coefficient (Wildman–Crippen LogP) is 4.01. The third kappa shape index (κ3) is 5.50. The number of halogens is 1. The van der Waals surface area contributed by atoms with Crippen LogP contribution in [0.2, 0.25) is 5.02 Å². The van der Waals surface area contributed by atoms with Gasteiger partial charge >= 0.3 is 0 Å². The van der Waals surface area contributed by atoms with Crippen LogP contribution >= 0.6 is 11.6 Å². The molecular formula is C20H17ClO5. The van der Waals surface area contributed by atoms with Gasteiger partial charge in [0.2, 0.25) is 0 Å². The highest BCUT2D eigenvalue weighted by molar-refractivity contribution is 6.32. The Labute approximate surface area is 155 Å². The van der Waals surface area contributed by atoms with Crippen LogP contribution in [0.5, 0.6) is 17.2 Å². The first kappa shape index (κ1) is 19.3. The molecule has 26 heavy (non-hydrogen) atoms. The number of carbonyl (C=O) groups is 2. The standard InChI is InChI=1S/C20H17ClO5/c1-26-20-12-18(25)9-5-14(20)4-8-16(23)10-15(22)6-2-13-3-7-17(24)11-19(13)21/h2-9,11-12,24-25H,10H2,1H3/b6-2+,8-4+. The second-order valence-electron chi connectivity index (χ2n) is 5.41. The van der Waals surface area contributed by atoms with Gasteiger partial charge in [0.05, 0.1) is 18.6 Å². The van der Waals surface area contributed by atoms with E-state index >= 15 is 0 Å². The fraction of sp³-hybridized carbons (Fsp3) is 0.100. The van der Waals surface area contributed by atoms with Crippen molar-refractivity contribution in [1.82, 2.24) is 0 Å². The van der Waals surface area contributed by atoms with Crippen LogP contribution in [0.15, 0.2) is 48.6 Å². The lowest BCUT2D eigenvalue weighted by molar-refractivity contribution is -0.121. The van der Waals surface area contributed by atoms with Crippen molar-refractivity contribution in [2.75, 3.05) is 7.11 Å². The van der Waals surface area contributed by atoms with Gasteiger partial charge in [-0.25, -0.2) is 0 Å². The molecule has 2 aromatic rings. The molecule has 0 unspecified atom stereocenters. The smallest absolute Gasteiger partial charge is 0.163 e. The fourth-order valence-corrected chi connectivity index (χ4v) is 2.38. The second-order valence-corrected chi connectivity index (χ2v) is 5.82. The Kier molecular flexibility index (Phi) is 6.58. The SMILES string of the molecule is COc1cc(O)ccc1/C=C/C(=O)CC(=O)/C=C/c1ccc(O)cc1Cl. The molecule has 0 aliphatic heterocycles. The number of allylic oxidation sites excluding steroid dienone is 2. The van der Waals surface area contributed by atoms with Crippen LogP contribution in [-0.2, 0) is 9.59 Å². The number of hydrogen-bond acceptors (Lipinski definition) is 5. The normalized spacial score (nSPS) is 11.2. The van der Waals surface area contributed by atoms with E-state index in [1.807, 2.05) is 0 Å². The summed E-state index contributed by atoms with van der Waals surface area (Å²) in [7, 11) is 1.46. The first-order chi connectivity index (χ1) is 12.4. The highest BCUT2D eigenvalue weighted by atomic mass is 35.5. The van der Waals surface area contributed by atoms with Crippen molar-refractivity contribution in [3.63, 3.8) is 0 Å². The van der Waals surface area contributed by atoms with Gasteiger partial charge in [-0.2, -0.15) is 0 Å². The molecule has 5 nitrogen and oxygen atoms in total. The van der Waals surface area contributed by atoms with E-state index in [1.165, 1.54) is 55.7 Å². The van der Waals surface area contributed by atoms with Crippen LogP contribution in [-0.4, -0.2) is 28.9 Å². The minimum Gasteiger partial charge on any atom is -0.508 e. The molecule has 6 heteroatoms. The molecule has 0 saturated heterocycles. The van der Waals surface area contributed by atoms with E-state index in [4.69, 9.17) is 16.3 Å². The third-order valence-corrected chi connectivity index (χ3v) is 3.77. The van der Waals surface area contributed by atoms with Gasteiger partial charge in [0.25, 0.3) is 0 Å². The molecule has 0 atom stereocenters. The van der Waals surface area contributed by atoms with E-state index < -0.39 is 0 Å². The molecule has 0 bridgehead atoms. The lowest BCUT2D eigenvalue weighted by Gasteiger charge is -2.04. The van der Waals surface area contributed by atoms with Crippen molar-refractivity contribution in [3.8, 4) is 17.2 Å². The molecule has 0 saturated carbocycles. The number of methoxy groups -OCH3 is 1. The Morgan fingerprint density at radius 1 is 0.962 bits per heavy atom. The van der Waals surface area contributed by atoms with Gasteiger partial charge < -0.3 is 14.9 Å². The van der Waals surface area contributed by atoms with Crippen molar-refractivity contribution >= 4 is 35.3 Å². The Hall–Kier alpha value is -3.05. The van der Waals surface area contributed by atoms with E-state index in [0.29, 0.717) is 21.9 Å². The molecule has 2 aromatic carbocycles. The minimum atomic E-state index is -0.374. The maximum absolute atomic E-state index is 11.9. The van der Waals surface area contributed by atoms with E-state index in [0.717, 1.165) is 0 Å². The zero-order chi connectivity index (χ0) is 19.1. The molecule has 0 amide bonds. The van der Waals surface area contributed by atoms with Gasteiger partial charge in [0.15, 0.2) is 11.6 Å². The maximum Gasteiger partial charge on any atom is 0.163 e. The van der Waals surface area contributed by atoms with Crippen LogP contribution in [0.4, 0.5) is 0 Å². The van der Waals surface area contributed by atoms with Crippen molar-refractivity contribution in [2.24, 2.45) is 0 Å². The summed E-state index contributed by atoms with van der Waals surface area (Å²) in [4.78, 5) is 23.8. The van der Waals surface area contributed by atoms with E-state index in [2.05, 4.69) is 0 Å². The Bertz CT molecular complexity index is 884. The average molecular weight is 373 g/mol. The number of phenolic OH excluding ortho intramolecular Hbond substituents is 2. The molecule has 0 aliphatic rings. The summed E-state index contributed by atoms with van der Waals surface area (Å²) >= 11 is 5.95. The first-order valence-electron chi connectivity index (χ1n) is 7.66. The van der Waals surface area contributed by atoms with E-state index in [-0.39, 0.29) is 29.5 Å². The Morgan fingerprint density at radius 2 is 1.50 bits per heavy atom. The summed E-state index contributed by atoms with van der Waals surface area (Å²) in [6.45, 7) is 0. The van der Waals surface area contributed by atoms with Crippen molar-refractivity contribution < 1.29 is 24.5 Å². The molecule has 0 fully saturated rings. The molecule has 0 radical (unpaired) electrons. The summed E-state index contributed by atoms with van der Waals surface area (Å²) in [5.41, 5.74) is 1.17. The molecule has 134 valence electrons. The molecule has 0 spiro atoms. The highest BCUT2D eigenvalue weighted by Gasteiger charge is 2.06. The number of phenols is 2. The summed E-state index contributed by atoms with van der Waals surface area (Å²) < 4.78 is 5.12. The van der Waals surface area contributed by atoms with Crippen LogP contribution < -0.4 is 4.74 Å². The number of aromatic hydroxyl groups is 2. The number of ether oxygens (including phenoxy) is 1. The monoisotopic (exact) mass is 372 g/mol. The molecule has 0 heterocycles. The van der Waals surface area contributed by atoms with E-state index in [9.17, 15) is 19.8 Å². The van der Waals surface area contributed by atoms with Gasteiger partial charge in [-0.1, -0.05) is 11.6 Å². The van der Waals surface area contributed by atoms with Crippen LogP contribution in [0.25, 0.3) is 12.2 Å². The number of carbonyl (C=O) groups excluding carboxylic acids is 2. The van der Waals surface area contributed by atoms with E-state index in [1.54, 1.807) is 12.1 Å². The summed E-state index contributed by atoms with van der Waals surface area (Å²) in [6.07, 6.45) is 5.28. The maximum atomic E-state index is 11.9. The second kappa shape index (κ2) is 8.87. The molecule has 0 aliphatic carbocycles. The Balaban J connectivity index is 1.99. The van der Waals surface area contributed by atoms with Crippen LogP contribution in [0.3, 0.4) is 0 Å².